The van der Waals surface area contributed by atoms with E-state index >= 15 is 0 Å². The molecule has 0 amide bonds. The zero-order chi connectivity index (χ0) is 12.7. The summed E-state index contributed by atoms with van der Waals surface area (Å²) in [7, 11) is 0. The standard InChI is InChI=1S/C13H24N2O2/c1-3-6-14-13(4-2)11-5-7-15(8-11)9-12(17)10-16/h5,7-8,12-14,16-17H,3-4,6,9-10H2,1-2H3. The van der Waals surface area contributed by atoms with Crippen LogP contribution in [-0.4, -0.2) is 34.0 Å². The lowest BCUT2D eigenvalue weighted by Gasteiger charge is -2.15. The number of aliphatic hydroxyl groups is 2. The van der Waals surface area contributed by atoms with Crippen LogP contribution in [0, 0.1) is 0 Å². The van der Waals surface area contributed by atoms with E-state index in [4.69, 9.17) is 5.11 Å². The molecule has 1 rings (SSSR count). The first-order chi connectivity index (χ1) is 8.21. The molecule has 0 spiro atoms. The van der Waals surface area contributed by atoms with Crippen LogP contribution >= 0.6 is 0 Å². The lowest BCUT2D eigenvalue weighted by molar-refractivity contribution is 0.0813. The number of aliphatic hydroxyl groups excluding tert-OH is 2. The van der Waals surface area contributed by atoms with E-state index in [0.29, 0.717) is 12.6 Å². The fourth-order valence-corrected chi connectivity index (χ4v) is 1.90. The maximum Gasteiger partial charge on any atom is 0.0949 e. The zero-order valence-corrected chi connectivity index (χ0v) is 10.8. The van der Waals surface area contributed by atoms with Crippen molar-refractivity contribution in [3.05, 3.63) is 24.0 Å². The van der Waals surface area contributed by atoms with Crippen LogP contribution in [0.4, 0.5) is 0 Å². The molecule has 1 aromatic heterocycles. The van der Waals surface area contributed by atoms with Crippen molar-refractivity contribution in [3.8, 4) is 0 Å². The van der Waals surface area contributed by atoms with Crippen molar-refractivity contribution in [1.82, 2.24) is 9.88 Å². The summed E-state index contributed by atoms with van der Waals surface area (Å²) in [5.41, 5.74) is 1.24. The van der Waals surface area contributed by atoms with Gasteiger partial charge in [0, 0.05) is 18.4 Å². The van der Waals surface area contributed by atoms with Gasteiger partial charge in [0.15, 0.2) is 0 Å². The van der Waals surface area contributed by atoms with E-state index in [1.165, 1.54) is 5.56 Å². The number of nitrogens with zero attached hydrogens (tertiary/aromatic N) is 1. The minimum atomic E-state index is -0.682. The third kappa shape index (κ3) is 4.50. The third-order valence-electron chi connectivity index (χ3n) is 2.86. The van der Waals surface area contributed by atoms with E-state index in [2.05, 4.69) is 25.2 Å². The Bertz CT molecular complexity index is 312. The molecule has 0 bridgehead atoms. The number of hydrogen-bond acceptors (Lipinski definition) is 3. The Hall–Kier alpha value is -0.840. The van der Waals surface area contributed by atoms with Crippen molar-refractivity contribution < 1.29 is 10.2 Å². The van der Waals surface area contributed by atoms with Gasteiger partial charge in [0.05, 0.1) is 19.3 Å². The molecule has 0 saturated carbocycles. The third-order valence-corrected chi connectivity index (χ3v) is 2.86. The minimum Gasteiger partial charge on any atom is -0.394 e. The predicted octanol–water partition coefficient (Wildman–Crippen LogP) is 1.29. The second kappa shape index (κ2) is 7.48. The molecule has 2 unspecified atom stereocenters. The summed E-state index contributed by atoms with van der Waals surface area (Å²) < 4.78 is 1.92. The van der Waals surface area contributed by atoms with Gasteiger partial charge in [-0.05, 0) is 31.0 Å². The van der Waals surface area contributed by atoms with Gasteiger partial charge in [-0.2, -0.15) is 0 Å². The fraction of sp³-hybridized carbons (Fsp3) is 0.692. The van der Waals surface area contributed by atoms with Gasteiger partial charge < -0.3 is 20.1 Å². The van der Waals surface area contributed by atoms with Gasteiger partial charge in [-0.3, -0.25) is 0 Å². The quantitative estimate of drug-likeness (QED) is 0.642. The molecule has 0 aliphatic heterocycles. The van der Waals surface area contributed by atoms with Gasteiger partial charge in [-0.1, -0.05) is 13.8 Å². The zero-order valence-electron chi connectivity index (χ0n) is 10.8. The van der Waals surface area contributed by atoms with Gasteiger partial charge in [-0.25, -0.2) is 0 Å². The minimum absolute atomic E-state index is 0.196. The Morgan fingerprint density at radius 1 is 1.41 bits per heavy atom. The van der Waals surface area contributed by atoms with E-state index in [-0.39, 0.29) is 6.61 Å². The topological polar surface area (TPSA) is 57.4 Å². The summed E-state index contributed by atoms with van der Waals surface area (Å²) in [5, 5.41) is 21.7. The SMILES string of the molecule is CCCNC(CC)c1ccn(CC(O)CO)c1. The predicted molar refractivity (Wildman–Crippen MR) is 68.9 cm³/mol. The molecule has 2 atom stereocenters. The molecule has 4 heteroatoms. The Labute approximate surface area is 103 Å². The molecule has 0 radical (unpaired) electrons. The largest absolute Gasteiger partial charge is 0.394 e. The Morgan fingerprint density at radius 3 is 2.76 bits per heavy atom. The molecule has 0 aliphatic rings. The molecule has 4 nitrogen and oxygen atoms in total. The van der Waals surface area contributed by atoms with E-state index in [1.54, 1.807) is 0 Å². The average Bonchev–Trinajstić information content (AvgIpc) is 2.78. The van der Waals surface area contributed by atoms with Crippen molar-refractivity contribution >= 4 is 0 Å². The van der Waals surface area contributed by atoms with Crippen LogP contribution in [0.15, 0.2) is 18.5 Å². The second-order valence-electron chi connectivity index (χ2n) is 4.39. The number of rotatable bonds is 8. The molecule has 0 saturated heterocycles. The van der Waals surface area contributed by atoms with E-state index in [0.717, 1.165) is 19.4 Å². The van der Waals surface area contributed by atoms with Crippen molar-refractivity contribution in [2.24, 2.45) is 0 Å². The lowest BCUT2D eigenvalue weighted by Crippen LogP contribution is -2.21. The van der Waals surface area contributed by atoms with Gasteiger partial charge in [0.25, 0.3) is 0 Å². The fourth-order valence-electron chi connectivity index (χ4n) is 1.90. The Kier molecular flexibility index (Phi) is 6.26. The molecule has 0 fully saturated rings. The molecule has 17 heavy (non-hydrogen) atoms. The maximum atomic E-state index is 9.37. The highest BCUT2D eigenvalue weighted by molar-refractivity contribution is 5.15. The molecule has 0 aliphatic carbocycles. The van der Waals surface area contributed by atoms with E-state index in [9.17, 15) is 5.11 Å². The van der Waals surface area contributed by atoms with Gasteiger partial charge in [-0.15, -0.1) is 0 Å². The highest BCUT2D eigenvalue weighted by Gasteiger charge is 2.10. The Balaban J connectivity index is 2.58. The molecular formula is C13H24N2O2. The maximum absolute atomic E-state index is 9.37. The molecule has 0 aromatic carbocycles. The first-order valence-electron chi connectivity index (χ1n) is 6.39. The summed E-state index contributed by atoms with van der Waals surface area (Å²) >= 11 is 0. The first kappa shape index (κ1) is 14.2. The van der Waals surface area contributed by atoms with Crippen molar-refractivity contribution in [2.75, 3.05) is 13.2 Å². The molecule has 1 heterocycles. The molecular weight excluding hydrogens is 216 g/mol. The summed E-state index contributed by atoms with van der Waals surface area (Å²) in [5.74, 6) is 0. The smallest absolute Gasteiger partial charge is 0.0949 e. The summed E-state index contributed by atoms with van der Waals surface area (Å²) in [6, 6.07) is 2.45. The highest BCUT2D eigenvalue weighted by atomic mass is 16.3. The van der Waals surface area contributed by atoms with Crippen LogP contribution < -0.4 is 5.32 Å². The monoisotopic (exact) mass is 240 g/mol. The van der Waals surface area contributed by atoms with Gasteiger partial charge in [0.2, 0.25) is 0 Å². The molecule has 3 N–H and O–H groups in total. The second-order valence-corrected chi connectivity index (χ2v) is 4.39. The molecule has 98 valence electrons. The first-order valence-corrected chi connectivity index (χ1v) is 6.39. The van der Waals surface area contributed by atoms with Crippen LogP contribution in [0.25, 0.3) is 0 Å². The normalized spacial score (nSPS) is 14.8. The summed E-state index contributed by atoms with van der Waals surface area (Å²) in [6.07, 6.45) is 5.48. The van der Waals surface area contributed by atoms with Crippen LogP contribution in [-0.2, 0) is 6.54 Å². The van der Waals surface area contributed by atoms with Crippen LogP contribution in [0.5, 0.6) is 0 Å². The lowest BCUT2D eigenvalue weighted by atomic mass is 10.1. The summed E-state index contributed by atoms with van der Waals surface area (Å²) in [4.78, 5) is 0. The van der Waals surface area contributed by atoms with Crippen LogP contribution in [0.2, 0.25) is 0 Å². The molecule has 1 aromatic rings. The van der Waals surface area contributed by atoms with Crippen LogP contribution in [0.3, 0.4) is 0 Å². The van der Waals surface area contributed by atoms with Crippen molar-refractivity contribution in [2.45, 2.75) is 45.4 Å². The Morgan fingerprint density at radius 2 is 2.18 bits per heavy atom. The van der Waals surface area contributed by atoms with Gasteiger partial charge >= 0.3 is 0 Å². The van der Waals surface area contributed by atoms with Gasteiger partial charge in [0.1, 0.15) is 0 Å². The van der Waals surface area contributed by atoms with E-state index < -0.39 is 6.10 Å². The van der Waals surface area contributed by atoms with Crippen LogP contribution in [0.1, 0.15) is 38.3 Å². The van der Waals surface area contributed by atoms with Crippen molar-refractivity contribution in [3.63, 3.8) is 0 Å². The highest BCUT2D eigenvalue weighted by Crippen LogP contribution is 2.17. The number of nitrogens with one attached hydrogen (secondary N) is 1. The average molecular weight is 240 g/mol. The number of aromatic nitrogens is 1. The number of hydrogen-bond donors (Lipinski definition) is 3. The van der Waals surface area contributed by atoms with Crippen molar-refractivity contribution in [1.29, 1.82) is 0 Å². The summed E-state index contributed by atoms with van der Waals surface area (Å²) in [6.45, 7) is 5.58. The van der Waals surface area contributed by atoms with E-state index in [1.807, 2.05) is 17.0 Å².